The first kappa shape index (κ1) is 16.5. The zero-order valence-corrected chi connectivity index (χ0v) is 13.8. The van der Waals surface area contributed by atoms with E-state index in [0.29, 0.717) is 35.8 Å². The van der Waals surface area contributed by atoms with Gasteiger partial charge in [-0.05, 0) is 18.6 Å². The normalized spacial score (nSPS) is 10.6. The van der Waals surface area contributed by atoms with Gasteiger partial charge in [-0.1, -0.05) is 6.08 Å². The van der Waals surface area contributed by atoms with Crippen LogP contribution in [0.5, 0.6) is 11.5 Å². The van der Waals surface area contributed by atoms with Crippen molar-refractivity contribution in [2.75, 3.05) is 7.11 Å². The summed E-state index contributed by atoms with van der Waals surface area (Å²) < 4.78 is 7.15. The molecule has 0 amide bonds. The molecule has 25 heavy (non-hydrogen) atoms. The fourth-order valence-corrected chi connectivity index (χ4v) is 2.63. The molecule has 0 spiro atoms. The van der Waals surface area contributed by atoms with Crippen LogP contribution in [0.3, 0.4) is 0 Å². The molecular formula is C18H18N4O3. The Morgan fingerprint density at radius 2 is 2.20 bits per heavy atom. The molecule has 2 aromatic heterocycles. The van der Waals surface area contributed by atoms with E-state index in [4.69, 9.17) is 4.74 Å². The van der Waals surface area contributed by atoms with E-state index in [1.807, 2.05) is 16.8 Å². The lowest BCUT2D eigenvalue weighted by Crippen LogP contribution is -2.10. The molecule has 1 aromatic carbocycles. The summed E-state index contributed by atoms with van der Waals surface area (Å²) in [5, 5.41) is 10.2. The Hall–Kier alpha value is -3.35. The molecule has 3 rings (SSSR count). The van der Waals surface area contributed by atoms with E-state index in [0.717, 1.165) is 5.56 Å². The smallest absolute Gasteiger partial charge is 0.250 e. The van der Waals surface area contributed by atoms with Crippen LogP contribution in [0.15, 0.2) is 54.4 Å². The van der Waals surface area contributed by atoms with Gasteiger partial charge in [0.05, 0.1) is 25.7 Å². The average Bonchev–Trinajstić information content (AvgIpc) is 3.05. The van der Waals surface area contributed by atoms with Crippen molar-refractivity contribution in [3.8, 4) is 22.9 Å². The first-order valence-electron chi connectivity index (χ1n) is 7.68. The van der Waals surface area contributed by atoms with Gasteiger partial charge in [-0.15, -0.1) is 6.58 Å². The molecule has 0 radical (unpaired) electrons. The van der Waals surface area contributed by atoms with Crippen molar-refractivity contribution in [1.29, 1.82) is 0 Å². The number of phenols is 1. The number of nitrogens with one attached hydrogen (secondary N) is 1. The number of phenolic OH excluding ortho intramolecular Hbond substituents is 1. The Balaban J connectivity index is 2.03. The maximum Gasteiger partial charge on any atom is 0.250 e. The van der Waals surface area contributed by atoms with E-state index in [1.54, 1.807) is 18.3 Å². The molecule has 0 unspecified atom stereocenters. The van der Waals surface area contributed by atoms with E-state index in [2.05, 4.69) is 21.5 Å². The number of rotatable bonds is 6. The highest BCUT2D eigenvalue weighted by atomic mass is 16.5. The van der Waals surface area contributed by atoms with E-state index in [-0.39, 0.29) is 11.3 Å². The Morgan fingerprint density at radius 3 is 2.92 bits per heavy atom. The second-order valence-electron chi connectivity index (χ2n) is 5.46. The lowest BCUT2D eigenvalue weighted by Gasteiger charge is -2.12. The van der Waals surface area contributed by atoms with Crippen LogP contribution in [0.25, 0.3) is 11.4 Å². The number of imidazole rings is 1. The molecule has 2 N–H and O–H groups in total. The summed E-state index contributed by atoms with van der Waals surface area (Å²) in [6.07, 6.45) is 7.08. The van der Waals surface area contributed by atoms with Crippen LogP contribution in [-0.4, -0.2) is 31.7 Å². The summed E-state index contributed by atoms with van der Waals surface area (Å²) >= 11 is 0. The summed E-state index contributed by atoms with van der Waals surface area (Å²) in [5.41, 5.74) is 1.92. The molecule has 0 aliphatic carbocycles. The monoisotopic (exact) mass is 338 g/mol. The van der Waals surface area contributed by atoms with Gasteiger partial charge in [0.1, 0.15) is 5.82 Å². The van der Waals surface area contributed by atoms with Gasteiger partial charge in [0.2, 0.25) is 0 Å². The third kappa shape index (κ3) is 3.45. The molecule has 7 nitrogen and oxygen atoms in total. The Labute approximate surface area is 144 Å². The van der Waals surface area contributed by atoms with Crippen molar-refractivity contribution < 1.29 is 9.84 Å². The number of aromatic nitrogens is 4. The largest absolute Gasteiger partial charge is 0.504 e. The standard InChI is InChI=1S/C18H18N4O3/c1-3-4-12-7-13(8-15(25-2)17(12)24)18-19-5-6-22(18)10-14-9-16(23)21-11-20-14/h3,5-9,11,24H,1,4,10H2,2H3,(H,20,21,23). The quantitative estimate of drug-likeness (QED) is 0.672. The van der Waals surface area contributed by atoms with Crippen molar-refractivity contribution in [3.63, 3.8) is 0 Å². The zero-order chi connectivity index (χ0) is 17.8. The van der Waals surface area contributed by atoms with Crippen molar-refractivity contribution in [3.05, 3.63) is 71.2 Å². The molecule has 128 valence electrons. The average molecular weight is 338 g/mol. The first-order chi connectivity index (χ1) is 12.1. The number of hydrogen-bond acceptors (Lipinski definition) is 5. The summed E-state index contributed by atoms with van der Waals surface area (Å²) in [4.78, 5) is 22.5. The number of nitrogens with zero attached hydrogens (tertiary/aromatic N) is 3. The molecular weight excluding hydrogens is 320 g/mol. The number of hydrogen-bond donors (Lipinski definition) is 2. The van der Waals surface area contributed by atoms with Crippen molar-refractivity contribution >= 4 is 0 Å². The van der Waals surface area contributed by atoms with Crippen LogP contribution in [0.4, 0.5) is 0 Å². The molecule has 0 saturated heterocycles. The number of methoxy groups -OCH3 is 1. The van der Waals surface area contributed by atoms with E-state index in [9.17, 15) is 9.90 Å². The fraction of sp³-hybridized carbons (Fsp3) is 0.167. The number of H-pyrrole nitrogens is 1. The highest BCUT2D eigenvalue weighted by Gasteiger charge is 2.14. The topological polar surface area (TPSA) is 93.0 Å². The van der Waals surface area contributed by atoms with Crippen LogP contribution < -0.4 is 10.3 Å². The van der Waals surface area contributed by atoms with Gasteiger partial charge in [-0.3, -0.25) is 4.79 Å². The molecule has 0 fully saturated rings. The van der Waals surface area contributed by atoms with E-state index in [1.165, 1.54) is 19.5 Å². The van der Waals surface area contributed by atoms with Crippen molar-refractivity contribution in [1.82, 2.24) is 19.5 Å². The summed E-state index contributed by atoms with van der Waals surface area (Å²) in [6, 6.07) is 5.03. The minimum atomic E-state index is -0.203. The predicted octanol–water partition coefficient (Wildman–Crippen LogP) is 2.12. The van der Waals surface area contributed by atoms with Crippen molar-refractivity contribution in [2.45, 2.75) is 13.0 Å². The van der Waals surface area contributed by atoms with Gasteiger partial charge in [0.25, 0.3) is 5.56 Å². The molecule has 0 atom stereocenters. The van der Waals surface area contributed by atoms with Gasteiger partial charge >= 0.3 is 0 Å². The molecule has 0 bridgehead atoms. The summed E-state index contributed by atoms with van der Waals surface area (Å²) in [7, 11) is 1.50. The van der Waals surface area contributed by atoms with Gasteiger partial charge < -0.3 is 19.4 Å². The van der Waals surface area contributed by atoms with Crippen LogP contribution >= 0.6 is 0 Å². The third-order valence-electron chi connectivity index (χ3n) is 3.78. The highest BCUT2D eigenvalue weighted by Crippen LogP contribution is 2.35. The first-order valence-corrected chi connectivity index (χ1v) is 7.68. The molecule has 7 heteroatoms. The maximum absolute atomic E-state index is 11.4. The molecule has 2 heterocycles. The maximum atomic E-state index is 11.4. The Morgan fingerprint density at radius 1 is 1.36 bits per heavy atom. The molecule has 0 aliphatic rings. The second kappa shape index (κ2) is 7.04. The van der Waals surface area contributed by atoms with Gasteiger partial charge in [-0.25, -0.2) is 9.97 Å². The lowest BCUT2D eigenvalue weighted by atomic mass is 10.0. The number of ether oxygens (including phenoxy) is 1. The van der Waals surface area contributed by atoms with Gasteiger partial charge in [0.15, 0.2) is 11.5 Å². The van der Waals surface area contributed by atoms with E-state index >= 15 is 0 Å². The number of allylic oxidation sites excluding steroid dienone is 1. The minimum Gasteiger partial charge on any atom is -0.504 e. The highest BCUT2D eigenvalue weighted by molar-refractivity contribution is 5.64. The van der Waals surface area contributed by atoms with Crippen LogP contribution in [0.1, 0.15) is 11.3 Å². The third-order valence-corrected chi connectivity index (χ3v) is 3.78. The molecule has 0 aliphatic heterocycles. The Kier molecular flexibility index (Phi) is 4.65. The zero-order valence-electron chi connectivity index (χ0n) is 13.8. The SMILES string of the molecule is C=CCc1cc(-c2nccn2Cc2cc(=O)[nH]cn2)cc(OC)c1O. The lowest BCUT2D eigenvalue weighted by molar-refractivity contribution is 0.371. The second-order valence-corrected chi connectivity index (χ2v) is 5.46. The number of aromatic amines is 1. The minimum absolute atomic E-state index is 0.0977. The van der Waals surface area contributed by atoms with E-state index < -0.39 is 0 Å². The summed E-state index contributed by atoms with van der Waals surface area (Å²) in [6.45, 7) is 4.12. The fourth-order valence-electron chi connectivity index (χ4n) is 2.63. The van der Waals surface area contributed by atoms with Gasteiger partial charge in [0, 0.05) is 29.6 Å². The number of aromatic hydroxyl groups is 1. The van der Waals surface area contributed by atoms with Crippen LogP contribution in [0, 0.1) is 0 Å². The van der Waals surface area contributed by atoms with Crippen LogP contribution in [-0.2, 0) is 13.0 Å². The molecule has 0 saturated carbocycles. The van der Waals surface area contributed by atoms with Gasteiger partial charge in [-0.2, -0.15) is 0 Å². The van der Waals surface area contributed by atoms with Crippen LogP contribution in [0.2, 0.25) is 0 Å². The molecule has 3 aromatic rings. The predicted molar refractivity (Wildman–Crippen MR) is 93.7 cm³/mol. The Bertz CT molecular complexity index is 959. The number of benzene rings is 1. The van der Waals surface area contributed by atoms with Crippen molar-refractivity contribution in [2.24, 2.45) is 0 Å². The summed E-state index contributed by atoms with van der Waals surface area (Å²) in [5.74, 6) is 1.16.